The molecule has 0 fully saturated rings. The molecule has 9 heteroatoms. The number of hydrogen-bond donors (Lipinski definition) is 1. The van der Waals surface area contributed by atoms with Gasteiger partial charge in [-0.1, -0.05) is 11.6 Å². The van der Waals surface area contributed by atoms with Crippen LogP contribution in [0.25, 0.3) is 0 Å². The van der Waals surface area contributed by atoms with Crippen molar-refractivity contribution in [3.63, 3.8) is 0 Å². The lowest BCUT2D eigenvalue weighted by Gasteiger charge is -2.25. The first-order valence-corrected chi connectivity index (χ1v) is 10.2. The van der Waals surface area contributed by atoms with Crippen LogP contribution in [-0.2, 0) is 27.8 Å². The third-order valence-corrected chi connectivity index (χ3v) is 7.35. The van der Waals surface area contributed by atoms with Crippen LogP contribution in [0.15, 0.2) is 28.5 Å². The first-order valence-electron chi connectivity index (χ1n) is 7.53. The van der Waals surface area contributed by atoms with E-state index in [1.807, 2.05) is 0 Å². The van der Waals surface area contributed by atoms with Crippen molar-refractivity contribution in [1.82, 2.24) is 4.90 Å². The summed E-state index contributed by atoms with van der Waals surface area (Å²) in [5.41, 5.74) is 1.25. The van der Waals surface area contributed by atoms with Crippen LogP contribution in [0, 0.1) is 0 Å². The van der Waals surface area contributed by atoms with Crippen molar-refractivity contribution in [3.05, 3.63) is 39.7 Å². The fourth-order valence-electron chi connectivity index (χ4n) is 2.64. The standard InChI is InChI=1S/C16H17ClN2O4S2/c1-10(20)19-6-5-15-11(9-19)7-16(24-15)25(21,22)18-12-3-4-14(23-2)13(17)8-12/h3-4,7-8,18H,5-6,9H2,1-2H3. The SMILES string of the molecule is COc1ccc(NS(=O)(=O)c2cc3c(s2)CCN(C(C)=O)C3)cc1Cl. The Labute approximate surface area is 155 Å². The van der Waals surface area contributed by atoms with Crippen LogP contribution in [-0.4, -0.2) is 32.9 Å². The maximum atomic E-state index is 12.6. The number of sulfonamides is 1. The Morgan fingerprint density at radius 1 is 1.36 bits per heavy atom. The van der Waals surface area contributed by atoms with E-state index in [1.54, 1.807) is 23.1 Å². The van der Waals surface area contributed by atoms with E-state index in [0.717, 1.165) is 10.4 Å². The lowest BCUT2D eigenvalue weighted by atomic mass is 10.1. The number of carbonyl (C=O) groups is 1. The van der Waals surface area contributed by atoms with Gasteiger partial charge in [-0.25, -0.2) is 8.42 Å². The molecule has 3 rings (SSSR count). The monoisotopic (exact) mass is 400 g/mol. The van der Waals surface area contributed by atoms with E-state index in [4.69, 9.17) is 16.3 Å². The van der Waals surface area contributed by atoms with Crippen molar-refractivity contribution in [2.24, 2.45) is 0 Å². The molecule has 0 bridgehead atoms. The number of ether oxygens (including phenoxy) is 1. The second-order valence-corrected chi connectivity index (χ2v) is 9.11. The van der Waals surface area contributed by atoms with Crippen molar-refractivity contribution >= 4 is 44.6 Å². The van der Waals surface area contributed by atoms with E-state index < -0.39 is 10.0 Å². The van der Waals surface area contributed by atoms with Gasteiger partial charge in [-0.05, 0) is 36.2 Å². The van der Waals surface area contributed by atoms with Crippen LogP contribution < -0.4 is 9.46 Å². The minimum atomic E-state index is -3.72. The molecule has 2 heterocycles. The van der Waals surface area contributed by atoms with E-state index in [1.165, 1.54) is 31.4 Å². The number of nitrogens with one attached hydrogen (secondary N) is 1. The zero-order chi connectivity index (χ0) is 18.2. The molecule has 0 radical (unpaired) electrons. The molecular formula is C16H17ClN2O4S2. The Morgan fingerprint density at radius 2 is 2.12 bits per heavy atom. The molecule has 1 amide bonds. The summed E-state index contributed by atoms with van der Waals surface area (Å²) in [5.74, 6) is 0.466. The largest absolute Gasteiger partial charge is 0.495 e. The van der Waals surface area contributed by atoms with Crippen LogP contribution >= 0.6 is 22.9 Å². The quantitative estimate of drug-likeness (QED) is 0.855. The minimum absolute atomic E-state index is 0.00717. The second-order valence-electron chi connectivity index (χ2n) is 5.66. The molecule has 1 N–H and O–H groups in total. The highest BCUT2D eigenvalue weighted by Crippen LogP contribution is 2.33. The van der Waals surface area contributed by atoms with Crippen molar-refractivity contribution < 1.29 is 17.9 Å². The Bertz CT molecular complexity index is 924. The molecule has 0 atom stereocenters. The number of halogens is 1. The summed E-state index contributed by atoms with van der Waals surface area (Å²) in [4.78, 5) is 14.2. The van der Waals surface area contributed by atoms with Gasteiger partial charge in [0, 0.05) is 24.9 Å². The average molecular weight is 401 g/mol. The van der Waals surface area contributed by atoms with Crippen molar-refractivity contribution in [1.29, 1.82) is 0 Å². The Morgan fingerprint density at radius 3 is 2.76 bits per heavy atom. The Balaban J connectivity index is 1.84. The molecule has 1 aliphatic rings. The number of thiophene rings is 1. The smallest absolute Gasteiger partial charge is 0.271 e. The van der Waals surface area contributed by atoms with Gasteiger partial charge in [0.1, 0.15) is 9.96 Å². The van der Waals surface area contributed by atoms with Gasteiger partial charge in [-0.2, -0.15) is 0 Å². The number of amides is 1. The summed E-state index contributed by atoms with van der Waals surface area (Å²) < 4.78 is 33.1. The summed E-state index contributed by atoms with van der Waals surface area (Å²) >= 11 is 7.28. The van der Waals surface area contributed by atoms with Gasteiger partial charge in [0.05, 0.1) is 17.8 Å². The lowest BCUT2D eigenvalue weighted by molar-refractivity contribution is -0.129. The van der Waals surface area contributed by atoms with Crippen LogP contribution in [0.3, 0.4) is 0 Å². The molecule has 0 aliphatic carbocycles. The molecule has 2 aromatic rings. The third kappa shape index (κ3) is 3.75. The van der Waals surface area contributed by atoms with Gasteiger partial charge in [-0.3, -0.25) is 9.52 Å². The molecule has 0 saturated carbocycles. The molecule has 1 aromatic carbocycles. The zero-order valence-electron chi connectivity index (χ0n) is 13.7. The van der Waals surface area contributed by atoms with E-state index in [0.29, 0.717) is 36.0 Å². The molecule has 1 aromatic heterocycles. The van der Waals surface area contributed by atoms with E-state index in [2.05, 4.69) is 4.72 Å². The fraction of sp³-hybridized carbons (Fsp3) is 0.312. The number of rotatable bonds is 4. The number of fused-ring (bicyclic) bond motifs is 1. The maximum Gasteiger partial charge on any atom is 0.271 e. The van der Waals surface area contributed by atoms with Gasteiger partial charge < -0.3 is 9.64 Å². The molecule has 0 spiro atoms. The summed E-state index contributed by atoms with van der Waals surface area (Å²) in [6.07, 6.45) is 0.670. The highest BCUT2D eigenvalue weighted by molar-refractivity contribution is 7.94. The third-order valence-electron chi connectivity index (χ3n) is 3.96. The Hall–Kier alpha value is -1.77. The zero-order valence-corrected chi connectivity index (χ0v) is 16.1. The predicted molar refractivity (Wildman–Crippen MR) is 97.9 cm³/mol. The number of hydrogen-bond acceptors (Lipinski definition) is 5. The molecular weight excluding hydrogens is 384 g/mol. The van der Waals surface area contributed by atoms with Gasteiger partial charge >= 0.3 is 0 Å². The molecule has 25 heavy (non-hydrogen) atoms. The topological polar surface area (TPSA) is 75.7 Å². The van der Waals surface area contributed by atoms with Crippen LogP contribution in [0.1, 0.15) is 17.4 Å². The van der Waals surface area contributed by atoms with E-state index >= 15 is 0 Å². The second kappa shape index (κ2) is 6.86. The number of benzene rings is 1. The summed E-state index contributed by atoms with van der Waals surface area (Å²) in [6, 6.07) is 6.34. The first-order chi connectivity index (χ1) is 11.8. The molecule has 0 unspecified atom stereocenters. The average Bonchev–Trinajstić information content (AvgIpc) is 2.98. The van der Waals surface area contributed by atoms with Crippen molar-refractivity contribution in [3.8, 4) is 5.75 Å². The fourth-order valence-corrected chi connectivity index (χ4v) is 5.49. The van der Waals surface area contributed by atoms with E-state index in [-0.39, 0.29) is 10.1 Å². The van der Waals surface area contributed by atoms with Gasteiger partial charge in [0.2, 0.25) is 5.91 Å². The number of anilines is 1. The highest BCUT2D eigenvalue weighted by Gasteiger charge is 2.25. The predicted octanol–water partition coefficient (Wildman–Crippen LogP) is 3.12. The number of methoxy groups -OCH3 is 1. The van der Waals surface area contributed by atoms with Gasteiger partial charge in [0.25, 0.3) is 10.0 Å². The molecule has 6 nitrogen and oxygen atoms in total. The van der Waals surface area contributed by atoms with Gasteiger partial charge in [-0.15, -0.1) is 11.3 Å². The molecule has 134 valence electrons. The highest BCUT2D eigenvalue weighted by atomic mass is 35.5. The summed E-state index contributed by atoms with van der Waals surface area (Å²) in [5, 5.41) is 0.324. The maximum absolute atomic E-state index is 12.6. The summed E-state index contributed by atoms with van der Waals surface area (Å²) in [7, 11) is -2.22. The van der Waals surface area contributed by atoms with Crippen LogP contribution in [0.4, 0.5) is 5.69 Å². The van der Waals surface area contributed by atoms with Crippen molar-refractivity contribution in [2.75, 3.05) is 18.4 Å². The molecule has 0 saturated heterocycles. The summed E-state index contributed by atoms with van der Waals surface area (Å²) in [6.45, 7) is 2.58. The van der Waals surface area contributed by atoms with Crippen molar-refractivity contribution in [2.45, 2.75) is 24.1 Å². The first kappa shape index (κ1) is 18.0. The number of nitrogens with zero attached hydrogens (tertiary/aromatic N) is 1. The van der Waals surface area contributed by atoms with Crippen LogP contribution in [0.2, 0.25) is 5.02 Å². The Kier molecular flexibility index (Phi) is 4.95. The van der Waals surface area contributed by atoms with Crippen LogP contribution in [0.5, 0.6) is 5.75 Å². The molecule has 1 aliphatic heterocycles. The normalized spacial score (nSPS) is 14.1. The lowest BCUT2D eigenvalue weighted by Crippen LogP contribution is -2.33. The van der Waals surface area contributed by atoms with E-state index in [9.17, 15) is 13.2 Å². The number of carbonyl (C=O) groups excluding carboxylic acids is 1. The van der Waals surface area contributed by atoms with Gasteiger partial charge in [0.15, 0.2) is 0 Å². The minimum Gasteiger partial charge on any atom is -0.495 e.